The van der Waals surface area contributed by atoms with Gasteiger partial charge in [-0.3, -0.25) is 19.9 Å². The maximum Gasteiger partial charge on any atom is 0.283 e. The first-order valence-corrected chi connectivity index (χ1v) is 12.4. The predicted octanol–water partition coefficient (Wildman–Crippen LogP) is 1.96. The minimum absolute atomic E-state index is 0.0613. The van der Waals surface area contributed by atoms with Crippen molar-refractivity contribution < 1.29 is 9.59 Å². The number of carbonyl (C=O) groups excluding carboxylic acids is 2. The van der Waals surface area contributed by atoms with Gasteiger partial charge in [-0.25, -0.2) is 9.97 Å². The molecule has 12 heteroatoms. The van der Waals surface area contributed by atoms with Crippen LogP contribution in [0.5, 0.6) is 0 Å². The second kappa shape index (κ2) is 14.6. The van der Waals surface area contributed by atoms with E-state index < -0.39 is 5.91 Å². The number of amides is 2. The Kier molecular flexibility index (Phi) is 11.8. The predicted molar refractivity (Wildman–Crippen MR) is 134 cm³/mol. The lowest BCUT2D eigenvalue weighted by Crippen LogP contribution is -2.46. The maximum absolute atomic E-state index is 12.7. The average molecular weight is 496 g/mol. The molecule has 2 rings (SSSR count). The number of nitrogen functional groups attached to an aromatic ring is 2. The lowest BCUT2D eigenvalue weighted by Gasteiger charge is -2.27. The van der Waals surface area contributed by atoms with Crippen LogP contribution in [0.15, 0.2) is 0 Å². The average Bonchev–Trinajstić information content (AvgIpc) is 2.82. The fourth-order valence-corrected chi connectivity index (χ4v) is 4.04. The van der Waals surface area contributed by atoms with Gasteiger partial charge in [0.05, 0.1) is 0 Å². The molecule has 0 radical (unpaired) electrons. The summed E-state index contributed by atoms with van der Waals surface area (Å²) < 4.78 is 0. The van der Waals surface area contributed by atoms with Crippen LogP contribution in [-0.4, -0.2) is 70.3 Å². The lowest BCUT2D eigenvalue weighted by atomic mass is 10.1. The fourth-order valence-electron chi connectivity index (χ4n) is 3.91. The molecule has 2 heterocycles. The topological polar surface area (TPSA) is 180 Å². The van der Waals surface area contributed by atoms with Gasteiger partial charge >= 0.3 is 0 Å². The third-order valence-electron chi connectivity index (χ3n) is 5.89. The number of anilines is 2. The van der Waals surface area contributed by atoms with Crippen LogP contribution in [0.2, 0.25) is 5.15 Å². The van der Waals surface area contributed by atoms with Gasteiger partial charge in [-0.15, -0.1) is 0 Å². The Morgan fingerprint density at radius 2 is 1.50 bits per heavy atom. The second-order valence-corrected chi connectivity index (χ2v) is 8.90. The zero-order valence-corrected chi connectivity index (χ0v) is 20.6. The van der Waals surface area contributed by atoms with Gasteiger partial charge in [0.15, 0.2) is 28.4 Å². The van der Waals surface area contributed by atoms with E-state index in [4.69, 9.17) is 34.2 Å². The van der Waals surface area contributed by atoms with Crippen LogP contribution >= 0.6 is 11.6 Å². The van der Waals surface area contributed by atoms with Crippen molar-refractivity contribution in [1.82, 2.24) is 25.1 Å². The van der Waals surface area contributed by atoms with E-state index in [0.717, 1.165) is 82.4 Å². The van der Waals surface area contributed by atoms with Crippen molar-refractivity contribution in [1.29, 1.82) is 5.41 Å². The number of nitrogens with one attached hydrogen (secondary N) is 2. The number of nitrogens with zero attached hydrogens (tertiary/aromatic N) is 4. The molecule has 8 N–H and O–H groups in total. The highest BCUT2D eigenvalue weighted by atomic mass is 35.5. The van der Waals surface area contributed by atoms with E-state index in [0.29, 0.717) is 19.4 Å². The van der Waals surface area contributed by atoms with Gasteiger partial charge in [0.1, 0.15) is 0 Å². The van der Waals surface area contributed by atoms with Gasteiger partial charge in [0.25, 0.3) is 5.91 Å². The first kappa shape index (κ1) is 27.6. The van der Waals surface area contributed by atoms with Crippen LogP contribution in [0.4, 0.5) is 11.6 Å². The van der Waals surface area contributed by atoms with Crippen molar-refractivity contribution in [2.75, 3.05) is 44.2 Å². The lowest BCUT2D eigenvalue weighted by molar-refractivity contribution is -0.131. The molecule has 0 atom stereocenters. The van der Waals surface area contributed by atoms with E-state index in [1.807, 2.05) is 4.90 Å². The number of hydrogen-bond donors (Lipinski definition) is 5. The van der Waals surface area contributed by atoms with Crippen molar-refractivity contribution in [2.45, 2.75) is 64.2 Å². The van der Waals surface area contributed by atoms with E-state index in [1.165, 1.54) is 0 Å². The van der Waals surface area contributed by atoms with Crippen molar-refractivity contribution in [3.63, 3.8) is 0 Å². The molecule has 2 amide bonds. The van der Waals surface area contributed by atoms with Crippen molar-refractivity contribution in [3.8, 4) is 0 Å². The Morgan fingerprint density at radius 1 is 0.941 bits per heavy atom. The molecule has 1 aromatic rings. The second-order valence-electron chi connectivity index (χ2n) is 8.54. The van der Waals surface area contributed by atoms with Crippen LogP contribution in [0.25, 0.3) is 0 Å². The highest BCUT2D eigenvalue weighted by Gasteiger charge is 2.24. The minimum Gasteiger partial charge on any atom is -0.382 e. The molecule has 0 aromatic carbocycles. The fraction of sp³-hybridized carbons (Fsp3) is 0.682. The molecule has 1 fully saturated rings. The number of hydrogen-bond acceptors (Lipinski definition) is 8. The highest BCUT2D eigenvalue weighted by molar-refractivity contribution is 6.31. The Morgan fingerprint density at radius 3 is 2.09 bits per heavy atom. The number of carbonyl (C=O) groups is 2. The Bertz CT molecular complexity index is 831. The molecular weight excluding hydrogens is 458 g/mol. The van der Waals surface area contributed by atoms with E-state index in [2.05, 4.69) is 15.3 Å². The zero-order chi connectivity index (χ0) is 24.9. The number of unbranched alkanes of at least 4 members (excludes halogenated alkanes) is 8. The summed E-state index contributed by atoms with van der Waals surface area (Å²) in [6.07, 6.45) is 9.94. The van der Waals surface area contributed by atoms with E-state index in [9.17, 15) is 9.59 Å². The molecule has 1 aliphatic heterocycles. The number of halogens is 1. The molecule has 190 valence electrons. The van der Waals surface area contributed by atoms with Gasteiger partial charge in [-0.2, -0.15) is 0 Å². The smallest absolute Gasteiger partial charge is 0.283 e. The first-order chi connectivity index (χ1) is 16.3. The van der Waals surface area contributed by atoms with E-state index in [-0.39, 0.29) is 34.3 Å². The van der Waals surface area contributed by atoms with Crippen molar-refractivity contribution in [2.24, 2.45) is 5.73 Å². The molecule has 0 aliphatic carbocycles. The summed E-state index contributed by atoms with van der Waals surface area (Å²) in [5.41, 5.74) is 16.7. The van der Waals surface area contributed by atoms with E-state index >= 15 is 0 Å². The first-order valence-electron chi connectivity index (χ1n) is 12.0. The zero-order valence-electron chi connectivity index (χ0n) is 19.8. The summed E-state index contributed by atoms with van der Waals surface area (Å²) in [5.74, 6) is -0.918. The summed E-state index contributed by atoms with van der Waals surface area (Å²) in [5, 5.41) is 10.9. The number of piperazine rings is 1. The normalized spacial score (nSPS) is 13.6. The van der Waals surface area contributed by atoms with Crippen molar-refractivity contribution >= 4 is 41.0 Å². The van der Waals surface area contributed by atoms with Gasteiger partial charge < -0.3 is 27.4 Å². The van der Waals surface area contributed by atoms with Gasteiger partial charge in [-0.1, -0.05) is 56.5 Å². The van der Waals surface area contributed by atoms with Crippen LogP contribution in [0.1, 0.15) is 74.7 Å². The quantitative estimate of drug-likeness (QED) is 0.156. The summed E-state index contributed by atoms with van der Waals surface area (Å²) in [6, 6.07) is 0. The van der Waals surface area contributed by atoms with Crippen molar-refractivity contribution in [3.05, 3.63) is 10.8 Å². The SMILES string of the molecule is N=C(N)N(CCCCCCCCCCCC(=O)N1CCNCC1)C(=O)c1nc(Cl)c(N)nc1N. The molecule has 0 saturated carbocycles. The molecule has 0 unspecified atom stereocenters. The standard InChI is InChI=1S/C22H38ClN9O2/c23-18-20(25)30-19(24)17(29-18)21(34)32(22(26)27)13-9-7-5-3-1-2-4-6-8-10-16(33)31-14-11-28-12-15-31/h28H,1-15H2,(H3,26,27)(H4,24,25,30). The molecule has 1 saturated heterocycles. The third kappa shape index (κ3) is 8.94. The summed E-state index contributed by atoms with van der Waals surface area (Å²) in [6.45, 7) is 3.74. The molecule has 1 aromatic heterocycles. The van der Waals surface area contributed by atoms with Crippen LogP contribution in [0, 0.1) is 5.41 Å². The maximum atomic E-state index is 12.7. The summed E-state index contributed by atoms with van der Waals surface area (Å²) >= 11 is 5.85. The van der Waals surface area contributed by atoms with Crippen LogP contribution in [0.3, 0.4) is 0 Å². The number of nitrogens with two attached hydrogens (primary N) is 3. The van der Waals surface area contributed by atoms with Gasteiger partial charge in [-0.05, 0) is 12.8 Å². The number of guanidine groups is 1. The van der Waals surface area contributed by atoms with Crippen LogP contribution in [-0.2, 0) is 4.79 Å². The van der Waals surface area contributed by atoms with Crippen LogP contribution < -0.4 is 22.5 Å². The van der Waals surface area contributed by atoms with Gasteiger partial charge in [0.2, 0.25) is 5.91 Å². The molecule has 0 bridgehead atoms. The highest BCUT2D eigenvalue weighted by Crippen LogP contribution is 2.19. The molecule has 1 aliphatic rings. The number of rotatable bonds is 13. The monoisotopic (exact) mass is 495 g/mol. The minimum atomic E-state index is -0.616. The number of aromatic nitrogens is 2. The Labute approximate surface area is 206 Å². The van der Waals surface area contributed by atoms with Gasteiger partial charge in [0, 0.05) is 39.1 Å². The molecule has 0 spiro atoms. The largest absolute Gasteiger partial charge is 0.382 e. The molecule has 34 heavy (non-hydrogen) atoms. The third-order valence-corrected chi connectivity index (χ3v) is 6.16. The Balaban J connectivity index is 1.55. The summed E-state index contributed by atoms with van der Waals surface area (Å²) in [7, 11) is 0. The summed E-state index contributed by atoms with van der Waals surface area (Å²) in [4.78, 5) is 35.6. The van der Waals surface area contributed by atoms with E-state index in [1.54, 1.807) is 0 Å². The molecular formula is C22H38ClN9O2. The Hall–Kier alpha value is -2.66. The molecule has 11 nitrogen and oxygen atoms in total.